The van der Waals surface area contributed by atoms with Crippen LogP contribution in [0.1, 0.15) is 25.7 Å². The second-order valence-electron chi connectivity index (χ2n) is 6.49. The zero-order valence-corrected chi connectivity index (χ0v) is 12.3. The van der Waals surface area contributed by atoms with Gasteiger partial charge in [0.05, 0.1) is 12.4 Å². The minimum absolute atomic E-state index is 0.0794. The van der Waals surface area contributed by atoms with Gasteiger partial charge in [-0.2, -0.15) is 0 Å². The Hall–Kier alpha value is -0.170. The number of hydrogen-bond acceptors (Lipinski definition) is 4. The minimum Gasteiger partial charge on any atom is -0.393 e. The van der Waals surface area contributed by atoms with E-state index >= 15 is 0 Å². The van der Waals surface area contributed by atoms with Gasteiger partial charge in [-0.1, -0.05) is 0 Å². The predicted octanol–water partition coefficient (Wildman–Crippen LogP) is 0.113. The highest BCUT2D eigenvalue weighted by molar-refractivity contribution is 7.88. The standard InChI is InChI=1S/C13H24N2O3S/c1-19(17,18)15-4-2-12(3-5-15)14-8-10-6-13(16)7-11(10)9-14/h10-13,16H,2-9H2,1H3/t10-,11+,13?. The molecule has 19 heavy (non-hydrogen) atoms. The van der Waals surface area contributed by atoms with Crippen molar-refractivity contribution in [3.63, 3.8) is 0 Å². The van der Waals surface area contributed by atoms with Crippen LogP contribution in [0.15, 0.2) is 0 Å². The number of aliphatic hydroxyl groups excluding tert-OH is 1. The Kier molecular flexibility index (Phi) is 3.62. The predicted molar refractivity (Wildman–Crippen MR) is 73.2 cm³/mol. The highest BCUT2D eigenvalue weighted by Crippen LogP contribution is 2.39. The van der Waals surface area contributed by atoms with Gasteiger partial charge in [0, 0.05) is 32.2 Å². The fraction of sp³-hybridized carbons (Fsp3) is 1.00. The molecule has 0 aromatic heterocycles. The van der Waals surface area contributed by atoms with Crippen molar-refractivity contribution < 1.29 is 13.5 Å². The van der Waals surface area contributed by atoms with E-state index in [-0.39, 0.29) is 6.10 Å². The van der Waals surface area contributed by atoms with E-state index < -0.39 is 10.0 Å². The van der Waals surface area contributed by atoms with E-state index in [2.05, 4.69) is 4.90 Å². The summed E-state index contributed by atoms with van der Waals surface area (Å²) in [5.74, 6) is 1.34. The molecule has 6 heteroatoms. The molecule has 3 aliphatic rings. The molecule has 1 unspecified atom stereocenters. The lowest BCUT2D eigenvalue weighted by molar-refractivity contribution is 0.131. The van der Waals surface area contributed by atoms with Crippen LogP contribution >= 0.6 is 0 Å². The zero-order valence-electron chi connectivity index (χ0n) is 11.5. The molecular formula is C13H24N2O3S. The van der Waals surface area contributed by atoms with Crippen molar-refractivity contribution in [2.45, 2.75) is 37.8 Å². The average molecular weight is 288 g/mol. The summed E-state index contributed by atoms with van der Waals surface area (Å²) in [5.41, 5.74) is 0. The Morgan fingerprint density at radius 3 is 2.05 bits per heavy atom. The Morgan fingerprint density at radius 1 is 1.05 bits per heavy atom. The van der Waals surface area contributed by atoms with Crippen molar-refractivity contribution >= 4 is 10.0 Å². The maximum atomic E-state index is 11.5. The molecule has 2 aliphatic heterocycles. The van der Waals surface area contributed by atoms with Crippen LogP contribution in [0.5, 0.6) is 0 Å². The summed E-state index contributed by atoms with van der Waals surface area (Å²) < 4.78 is 24.6. The van der Waals surface area contributed by atoms with Crippen molar-refractivity contribution in [1.29, 1.82) is 0 Å². The molecule has 0 amide bonds. The van der Waals surface area contributed by atoms with Crippen LogP contribution in [0.4, 0.5) is 0 Å². The molecule has 110 valence electrons. The van der Waals surface area contributed by atoms with Gasteiger partial charge < -0.3 is 5.11 Å². The molecular weight excluding hydrogens is 264 g/mol. The molecule has 2 heterocycles. The molecule has 0 aromatic carbocycles. The smallest absolute Gasteiger partial charge is 0.211 e. The quantitative estimate of drug-likeness (QED) is 0.784. The van der Waals surface area contributed by atoms with Gasteiger partial charge in [-0.15, -0.1) is 0 Å². The van der Waals surface area contributed by atoms with Crippen LogP contribution in [-0.2, 0) is 10.0 Å². The van der Waals surface area contributed by atoms with Gasteiger partial charge in [-0.3, -0.25) is 4.90 Å². The summed E-state index contributed by atoms with van der Waals surface area (Å²) in [4.78, 5) is 2.54. The first kappa shape index (κ1) is 13.8. The van der Waals surface area contributed by atoms with Crippen LogP contribution in [0.2, 0.25) is 0 Å². The zero-order chi connectivity index (χ0) is 13.6. The van der Waals surface area contributed by atoms with E-state index in [1.807, 2.05) is 0 Å². The van der Waals surface area contributed by atoms with Crippen LogP contribution < -0.4 is 0 Å². The number of hydrogen-bond donors (Lipinski definition) is 1. The Bertz CT molecular complexity index is 417. The molecule has 1 aliphatic carbocycles. The number of rotatable bonds is 2. The second-order valence-corrected chi connectivity index (χ2v) is 8.47. The molecule has 0 bridgehead atoms. The van der Waals surface area contributed by atoms with Crippen LogP contribution in [0, 0.1) is 11.8 Å². The highest BCUT2D eigenvalue weighted by atomic mass is 32.2. The first-order valence-corrected chi connectivity index (χ1v) is 9.15. The lowest BCUT2D eigenvalue weighted by atomic mass is 10.0. The molecule has 1 saturated carbocycles. The molecule has 3 fully saturated rings. The normalized spacial score (nSPS) is 38.7. The summed E-state index contributed by atoms with van der Waals surface area (Å²) in [6, 6.07) is 0.542. The van der Waals surface area contributed by atoms with E-state index in [9.17, 15) is 13.5 Å². The van der Waals surface area contributed by atoms with Gasteiger partial charge in [0.1, 0.15) is 0 Å². The maximum absolute atomic E-state index is 11.5. The molecule has 3 rings (SSSR count). The third-order valence-electron chi connectivity index (χ3n) is 5.16. The Morgan fingerprint density at radius 2 is 1.58 bits per heavy atom. The third-order valence-corrected chi connectivity index (χ3v) is 6.47. The monoisotopic (exact) mass is 288 g/mol. The first-order valence-electron chi connectivity index (χ1n) is 7.30. The number of likely N-dealkylation sites (tertiary alicyclic amines) is 1. The van der Waals surface area contributed by atoms with E-state index in [1.165, 1.54) is 6.26 Å². The highest BCUT2D eigenvalue weighted by Gasteiger charge is 2.42. The maximum Gasteiger partial charge on any atom is 0.211 e. The van der Waals surface area contributed by atoms with Crippen LogP contribution in [0.3, 0.4) is 0 Å². The van der Waals surface area contributed by atoms with Crippen LogP contribution in [-0.4, -0.2) is 67.3 Å². The minimum atomic E-state index is -3.01. The molecule has 1 N–H and O–H groups in total. The largest absolute Gasteiger partial charge is 0.393 e. The summed E-state index contributed by atoms with van der Waals surface area (Å²) in [5, 5.41) is 9.66. The molecule has 0 aromatic rings. The molecule has 3 atom stereocenters. The van der Waals surface area contributed by atoms with E-state index in [0.29, 0.717) is 31.0 Å². The Balaban J connectivity index is 1.53. The van der Waals surface area contributed by atoms with Gasteiger partial charge in [0.15, 0.2) is 0 Å². The SMILES string of the molecule is CS(=O)(=O)N1CCC(N2C[C@H]3CC(O)C[C@H]3C2)CC1. The topological polar surface area (TPSA) is 60.9 Å². The van der Waals surface area contributed by atoms with Gasteiger partial charge >= 0.3 is 0 Å². The number of nitrogens with zero attached hydrogens (tertiary/aromatic N) is 2. The number of fused-ring (bicyclic) bond motifs is 1. The second kappa shape index (κ2) is 4.98. The molecule has 5 nitrogen and oxygen atoms in total. The van der Waals surface area contributed by atoms with E-state index in [4.69, 9.17) is 0 Å². The number of aliphatic hydroxyl groups is 1. The molecule has 0 radical (unpaired) electrons. The van der Waals surface area contributed by atoms with Crippen molar-refractivity contribution in [3.05, 3.63) is 0 Å². The van der Waals surface area contributed by atoms with Crippen molar-refractivity contribution in [1.82, 2.24) is 9.21 Å². The summed E-state index contributed by atoms with van der Waals surface area (Å²) >= 11 is 0. The van der Waals surface area contributed by atoms with Crippen LogP contribution in [0.25, 0.3) is 0 Å². The lowest BCUT2D eigenvalue weighted by Gasteiger charge is -2.36. The average Bonchev–Trinajstić information content (AvgIpc) is 2.85. The number of sulfonamides is 1. The summed E-state index contributed by atoms with van der Waals surface area (Å²) in [6.07, 6.45) is 5.05. The van der Waals surface area contributed by atoms with Gasteiger partial charge in [0.25, 0.3) is 0 Å². The fourth-order valence-corrected chi connectivity index (χ4v) is 5.02. The van der Waals surface area contributed by atoms with Crippen molar-refractivity contribution in [2.75, 3.05) is 32.4 Å². The van der Waals surface area contributed by atoms with Gasteiger partial charge in [-0.05, 0) is 37.5 Å². The molecule has 2 saturated heterocycles. The van der Waals surface area contributed by atoms with E-state index in [1.54, 1.807) is 4.31 Å². The third kappa shape index (κ3) is 2.82. The summed E-state index contributed by atoms with van der Waals surface area (Å²) in [6.45, 7) is 3.53. The Labute approximate surface area is 115 Å². The van der Waals surface area contributed by atoms with Crippen molar-refractivity contribution in [2.24, 2.45) is 11.8 Å². The summed E-state index contributed by atoms with van der Waals surface area (Å²) in [7, 11) is -3.01. The first-order chi connectivity index (χ1) is 8.93. The van der Waals surface area contributed by atoms with E-state index in [0.717, 1.165) is 38.8 Å². The fourth-order valence-electron chi connectivity index (χ4n) is 4.14. The van der Waals surface area contributed by atoms with Gasteiger partial charge in [-0.25, -0.2) is 12.7 Å². The lowest BCUT2D eigenvalue weighted by Crippen LogP contribution is -2.46. The molecule has 0 spiro atoms. The van der Waals surface area contributed by atoms with Crippen molar-refractivity contribution in [3.8, 4) is 0 Å². The number of piperidine rings is 1. The van der Waals surface area contributed by atoms with Gasteiger partial charge in [0.2, 0.25) is 10.0 Å².